The highest BCUT2D eigenvalue weighted by atomic mass is 35.5. The molecule has 0 radical (unpaired) electrons. The number of anilines is 1. The molecule has 0 aliphatic carbocycles. The number of rotatable bonds is 1. The first-order chi connectivity index (χ1) is 6.32. The number of nitrogen functional groups attached to an aromatic ring is 1. The van der Waals surface area contributed by atoms with E-state index in [2.05, 4.69) is 0 Å². The summed E-state index contributed by atoms with van der Waals surface area (Å²) in [7, 11) is -3.10. The van der Waals surface area contributed by atoms with E-state index >= 15 is 0 Å². The Kier molecular flexibility index (Phi) is 3.06. The van der Waals surface area contributed by atoms with E-state index in [4.69, 9.17) is 17.3 Å². The summed E-state index contributed by atoms with van der Waals surface area (Å²) in [5.41, 5.74) is 0.209. The average Bonchev–Trinajstić information content (AvgIpc) is 2.01. The molecule has 1 unspecified atom stereocenters. The standard InChI is InChI=1S/C7H5ClF3NOS/c8-4-1-2-6(5(12)3-4)14(13)7(9,10)11/h1-3H,12H2. The number of benzene rings is 1. The third kappa shape index (κ3) is 2.39. The van der Waals surface area contributed by atoms with Crippen LogP contribution >= 0.6 is 11.6 Å². The van der Waals surface area contributed by atoms with Crippen LogP contribution in [0.15, 0.2) is 23.1 Å². The van der Waals surface area contributed by atoms with Crippen LogP contribution in [-0.4, -0.2) is 9.72 Å². The molecule has 2 nitrogen and oxygen atoms in total. The summed E-state index contributed by atoms with van der Waals surface area (Å²) >= 11 is 5.48. The van der Waals surface area contributed by atoms with Crippen molar-refractivity contribution in [2.75, 3.05) is 5.73 Å². The van der Waals surface area contributed by atoms with Crippen LogP contribution in [-0.2, 0) is 10.8 Å². The molecule has 1 atom stereocenters. The fourth-order valence-corrected chi connectivity index (χ4v) is 1.71. The predicted molar refractivity (Wildman–Crippen MR) is 48.3 cm³/mol. The third-order valence-electron chi connectivity index (χ3n) is 1.38. The molecule has 1 rings (SSSR count). The maximum absolute atomic E-state index is 12.0. The van der Waals surface area contributed by atoms with Crippen LogP contribution < -0.4 is 5.73 Å². The lowest BCUT2D eigenvalue weighted by molar-refractivity contribution is -0.0384. The van der Waals surface area contributed by atoms with E-state index in [1.807, 2.05) is 0 Å². The SMILES string of the molecule is Nc1cc(Cl)ccc1S(=O)C(F)(F)F. The van der Waals surface area contributed by atoms with Crippen LogP contribution in [0.3, 0.4) is 0 Å². The van der Waals surface area contributed by atoms with Gasteiger partial charge in [-0.25, -0.2) is 4.21 Å². The third-order valence-corrected chi connectivity index (χ3v) is 2.81. The molecule has 0 spiro atoms. The fourth-order valence-electron chi connectivity index (χ4n) is 0.813. The molecule has 0 aliphatic rings. The van der Waals surface area contributed by atoms with E-state index in [0.717, 1.165) is 12.1 Å². The van der Waals surface area contributed by atoms with Gasteiger partial charge in [-0.1, -0.05) is 11.6 Å². The molecule has 0 amide bonds. The predicted octanol–water partition coefficient (Wildman–Crippen LogP) is 2.55. The second-order valence-electron chi connectivity index (χ2n) is 2.40. The second-order valence-corrected chi connectivity index (χ2v) is 4.27. The highest BCUT2D eigenvalue weighted by molar-refractivity contribution is 7.86. The largest absolute Gasteiger partial charge is 0.475 e. The molecular formula is C7H5ClF3NOS. The minimum atomic E-state index is -4.80. The molecule has 1 aromatic rings. The normalized spacial score (nSPS) is 14.0. The van der Waals surface area contributed by atoms with E-state index < -0.39 is 21.2 Å². The maximum atomic E-state index is 12.0. The summed E-state index contributed by atoms with van der Waals surface area (Å²) in [6, 6.07) is 3.33. The Morgan fingerprint density at radius 2 is 1.93 bits per heavy atom. The van der Waals surface area contributed by atoms with E-state index in [0.29, 0.717) is 0 Å². The Hall–Kier alpha value is -0.750. The minimum absolute atomic E-state index is 0.199. The number of nitrogens with two attached hydrogens (primary N) is 1. The van der Waals surface area contributed by atoms with Crippen molar-refractivity contribution in [1.82, 2.24) is 0 Å². The molecule has 2 N–H and O–H groups in total. The van der Waals surface area contributed by atoms with E-state index in [1.165, 1.54) is 6.07 Å². The van der Waals surface area contributed by atoms with Crippen molar-refractivity contribution in [1.29, 1.82) is 0 Å². The van der Waals surface area contributed by atoms with E-state index in [1.54, 1.807) is 0 Å². The Labute approximate surface area is 85.3 Å². The highest BCUT2D eigenvalue weighted by Gasteiger charge is 2.38. The van der Waals surface area contributed by atoms with Crippen LogP contribution in [0.4, 0.5) is 18.9 Å². The number of alkyl halides is 3. The van der Waals surface area contributed by atoms with E-state index in [-0.39, 0.29) is 10.7 Å². The van der Waals surface area contributed by atoms with Crippen molar-refractivity contribution >= 4 is 28.1 Å². The zero-order chi connectivity index (χ0) is 10.9. The van der Waals surface area contributed by atoms with Gasteiger partial charge in [0.05, 0.1) is 4.90 Å². The van der Waals surface area contributed by atoms with Crippen LogP contribution in [0.5, 0.6) is 0 Å². The van der Waals surface area contributed by atoms with Crippen molar-refractivity contribution in [3.63, 3.8) is 0 Å². The summed E-state index contributed by atoms with van der Waals surface area (Å²) in [4.78, 5) is -0.470. The quantitative estimate of drug-likeness (QED) is 0.771. The van der Waals surface area contributed by atoms with Crippen molar-refractivity contribution < 1.29 is 17.4 Å². The molecule has 0 bridgehead atoms. The fraction of sp³-hybridized carbons (Fsp3) is 0.143. The lowest BCUT2D eigenvalue weighted by Gasteiger charge is -2.08. The van der Waals surface area contributed by atoms with Crippen molar-refractivity contribution in [2.24, 2.45) is 0 Å². The summed E-state index contributed by atoms with van der Waals surface area (Å²) < 4.78 is 46.9. The Bertz CT molecular complexity index is 380. The van der Waals surface area contributed by atoms with Gasteiger partial charge >= 0.3 is 5.51 Å². The molecule has 0 saturated carbocycles. The van der Waals surface area contributed by atoms with Gasteiger partial charge in [0.2, 0.25) is 0 Å². The lowest BCUT2D eigenvalue weighted by atomic mass is 10.3. The molecule has 0 aliphatic heterocycles. The first kappa shape index (κ1) is 11.3. The van der Waals surface area contributed by atoms with Gasteiger partial charge in [-0.3, -0.25) is 0 Å². The highest BCUT2D eigenvalue weighted by Crippen LogP contribution is 2.30. The molecular weight excluding hydrogens is 239 g/mol. The Morgan fingerprint density at radius 1 is 1.36 bits per heavy atom. The van der Waals surface area contributed by atoms with Gasteiger partial charge < -0.3 is 5.73 Å². The van der Waals surface area contributed by atoms with Crippen LogP contribution in [0, 0.1) is 0 Å². The monoisotopic (exact) mass is 243 g/mol. The summed E-state index contributed by atoms with van der Waals surface area (Å²) in [5.74, 6) is 0. The van der Waals surface area contributed by atoms with Crippen molar-refractivity contribution in [3.05, 3.63) is 23.2 Å². The number of hydrogen-bond donors (Lipinski definition) is 1. The Morgan fingerprint density at radius 3 is 2.36 bits per heavy atom. The van der Waals surface area contributed by atoms with Gasteiger partial charge in [0.15, 0.2) is 10.8 Å². The van der Waals surface area contributed by atoms with Crippen LogP contribution in [0.25, 0.3) is 0 Å². The molecule has 7 heteroatoms. The van der Waals surface area contributed by atoms with Crippen molar-refractivity contribution in [3.8, 4) is 0 Å². The molecule has 1 aromatic carbocycles. The summed E-state index contributed by atoms with van der Waals surface area (Å²) in [6.07, 6.45) is 0. The zero-order valence-corrected chi connectivity index (χ0v) is 8.21. The first-order valence-corrected chi connectivity index (χ1v) is 4.89. The summed E-state index contributed by atoms with van der Waals surface area (Å²) in [5, 5.41) is 0.199. The van der Waals surface area contributed by atoms with E-state index in [9.17, 15) is 17.4 Å². The zero-order valence-electron chi connectivity index (χ0n) is 6.64. The second kappa shape index (κ2) is 3.78. The lowest BCUT2D eigenvalue weighted by Crippen LogP contribution is -2.17. The minimum Gasteiger partial charge on any atom is -0.398 e. The smallest absolute Gasteiger partial charge is 0.398 e. The van der Waals surface area contributed by atoms with Gasteiger partial charge in [0.1, 0.15) is 0 Å². The van der Waals surface area contributed by atoms with Gasteiger partial charge in [-0.15, -0.1) is 0 Å². The average molecular weight is 244 g/mol. The van der Waals surface area contributed by atoms with Crippen molar-refractivity contribution in [2.45, 2.75) is 10.4 Å². The van der Waals surface area contributed by atoms with Gasteiger partial charge in [0, 0.05) is 10.7 Å². The maximum Gasteiger partial charge on any atom is 0.475 e. The molecule has 0 fully saturated rings. The first-order valence-electron chi connectivity index (χ1n) is 3.36. The van der Waals surface area contributed by atoms with Gasteiger partial charge in [-0.2, -0.15) is 13.2 Å². The van der Waals surface area contributed by atoms with Gasteiger partial charge in [-0.05, 0) is 18.2 Å². The molecule has 78 valence electrons. The molecule has 0 saturated heterocycles. The molecule has 0 aromatic heterocycles. The Balaban J connectivity index is 3.15. The van der Waals surface area contributed by atoms with Gasteiger partial charge in [0.25, 0.3) is 0 Å². The number of hydrogen-bond acceptors (Lipinski definition) is 2. The molecule has 0 heterocycles. The van der Waals surface area contributed by atoms with Crippen LogP contribution in [0.1, 0.15) is 0 Å². The number of halogens is 4. The topological polar surface area (TPSA) is 43.1 Å². The molecule has 14 heavy (non-hydrogen) atoms. The van der Waals surface area contributed by atoms with Crippen LogP contribution in [0.2, 0.25) is 5.02 Å². The summed E-state index contributed by atoms with van der Waals surface area (Å²) in [6.45, 7) is 0.